The molecule has 22 heavy (non-hydrogen) atoms. The zero-order valence-corrected chi connectivity index (χ0v) is 10.9. The number of nitrogens with zero attached hydrogens (tertiary/aromatic N) is 1. The summed E-state index contributed by atoms with van der Waals surface area (Å²) in [6, 6.07) is 2.80. The maximum Gasteiger partial charge on any atom is 0.341 e. The van der Waals surface area contributed by atoms with E-state index >= 15 is 0 Å². The van der Waals surface area contributed by atoms with Gasteiger partial charge in [-0.1, -0.05) is 0 Å². The van der Waals surface area contributed by atoms with Crippen molar-refractivity contribution in [1.29, 1.82) is 0 Å². The molecule has 1 aromatic rings. The number of urea groups is 1. The zero-order chi connectivity index (χ0) is 16.3. The second kappa shape index (κ2) is 5.91. The van der Waals surface area contributed by atoms with Crippen molar-refractivity contribution in [3.8, 4) is 5.75 Å². The van der Waals surface area contributed by atoms with Crippen LogP contribution in [0.25, 0.3) is 6.08 Å². The van der Waals surface area contributed by atoms with Gasteiger partial charge in [-0.2, -0.15) is 0 Å². The molecule has 1 aliphatic heterocycles. The molecule has 0 spiro atoms. The van der Waals surface area contributed by atoms with Gasteiger partial charge in [-0.05, 0) is 18.2 Å². The monoisotopic (exact) mass is 307 g/mol. The third kappa shape index (κ3) is 3.36. The highest BCUT2D eigenvalue weighted by molar-refractivity contribution is 6.14. The summed E-state index contributed by atoms with van der Waals surface area (Å²) in [6.07, 6.45) is 1.10. The first-order valence-corrected chi connectivity index (χ1v) is 5.84. The summed E-state index contributed by atoms with van der Waals surface area (Å²) < 4.78 is 4.92. The molecule has 10 nitrogen and oxygen atoms in total. The largest absolute Gasteiger partial charge is 0.482 e. The quantitative estimate of drug-likeness (QED) is 0.305. The summed E-state index contributed by atoms with van der Waals surface area (Å²) in [5.41, 5.74) is -0.507. The molecule has 1 aliphatic rings. The van der Waals surface area contributed by atoms with Gasteiger partial charge in [-0.3, -0.25) is 20.2 Å². The van der Waals surface area contributed by atoms with Crippen molar-refractivity contribution in [2.75, 3.05) is 6.61 Å². The van der Waals surface area contributed by atoms with Gasteiger partial charge in [0.15, 0.2) is 6.61 Å². The van der Waals surface area contributed by atoms with E-state index in [9.17, 15) is 24.5 Å². The Balaban J connectivity index is 2.38. The highest BCUT2D eigenvalue weighted by Crippen LogP contribution is 2.26. The van der Waals surface area contributed by atoms with Gasteiger partial charge >= 0.3 is 12.0 Å². The Kier molecular flexibility index (Phi) is 4.02. The van der Waals surface area contributed by atoms with Crippen molar-refractivity contribution >= 4 is 29.7 Å². The van der Waals surface area contributed by atoms with E-state index in [1.54, 1.807) is 0 Å². The Hall–Kier alpha value is -3.43. The van der Waals surface area contributed by atoms with E-state index in [1.807, 2.05) is 5.32 Å². The number of nitro benzene ring substituents is 1. The summed E-state index contributed by atoms with van der Waals surface area (Å²) in [7, 11) is 0. The van der Waals surface area contributed by atoms with E-state index in [1.165, 1.54) is 12.1 Å². The van der Waals surface area contributed by atoms with Crippen LogP contribution in [-0.4, -0.2) is 34.5 Å². The number of imide groups is 1. The fraction of sp³-hybridized carbons (Fsp3) is 0.0833. The molecule has 1 aromatic carbocycles. The molecule has 3 amide bonds. The first-order chi connectivity index (χ1) is 10.4. The molecule has 0 unspecified atom stereocenters. The molecule has 2 rings (SSSR count). The van der Waals surface area contributed by atoms with Gasteiger partial charge < -0.3 is 15.2 Å². The zero-order valence-electron chi connectivity index (χ0n) is 10.9. The third-order valence-electron chi connectivity index (χ3n) is 2.58. The number of carbonyl (C=O) groups excluding carboxylic acids is 2. The van der Waals surface area contributed by atoms with Crippen molar-refractivity contribution in [3.63, 3.8) is 0 Å². The Labute approximate surface area is 122 Å². The number of carboxylic acid groups (broad SMARTS) is 1. The van der Waals surface area contributed by atoms with Gasteiger partial charge in [-0.25, -0.2) is 9.59 Å². The van der Waals surface area contributed by atoms with Crippen LogP contribution in [0.4, 0.5) is 10.5 Å². The molecule has 0 saturated carbocycles. The second-order valence-corrected chi connectivity index (χ2v) is 4.13. The van der Waals surface area contributed by atoms with Crippen LogP contribution >= 0.6 is 0 Å². The molecular formula is C12H9N3O7. The maximum atomic E-state index is 11.4. The average molecular weight is 307 g/mol. The third-order valence-corrected chi connectivity index (χ3v) is 2.58. The highest BCUT2D eigenvalue weighted by atomic mass is 16.6. The van der Waals surface area contributed by atoms with Crippen LogP contribution in [0, 0.1) is 10.1 Å². The van der Waals surface area contributed by atoms with Gasteiger partial charge in [0.25, 0.3) is 11.6 Å². The number of aliphatic carboxylic acids is 1. The van der Waals surface area contributed by atoms with Gasteiger partial charge in [-0.15, -0.1) is 0 Å². The number of carboxylic acids is 1. The van der Waals surface area contributed by atoms with E-state index in [0.717, 1.165) is 12.1 Å². The van der Waals surface area contributed by atoms with Gasteiger partial charge in [0, 0.05) is 6.07 Å². The van der Waals surface area contributed by atoms with Crippen LogP contribution in [0.5, 0.6) is 5.75 Å². The van der Waals surface area contributed by atoms with Crippen molar-refractivity contribution in [3.05, 3.63) is 39.6 Å². The number of nitro groups is 1. The standard InChI is InChI=1S/C12H9N3O7/c16-10(17)5-22-7-1-2-9(15(20)21)6(3-7)4-8-11(18)14-12(19)13-8/h1-4H,5H2,(H,16,17)(H2,13,14,18,19). The lowest BCUT2D eigenvalue weighted by molar-refractivity contribution is -0.385. The lowest BCUT2D eigenvalue weighted by Crippen LogP contribution is -2.22. The molecule has 0 aromatic heterocycles. The molecule has 1 saturated heterocycles. The van der Waals surface area contributed by atoms with Crippen LogP contribution in [0.15, 0.2) is 23.9 Å². The number of amides is 3. The fourth-order valence-corrected chi connectivity index (χ4v) is 1.69. The predicted molar refractivity (Wildman–Crippen MR) is 70.9 cm³/mol. The van der Waals surface area contributed by atoms with Crippen molar-refractivity contribution in [2.45, 2.75) is 0 Å². The number of benzene rings is 1. The summed E-state index contributed by atoms with van der Waals surface area (Å²) in [6.45, 7) is -0.620. The average Bonchev–Trinajstić information content (AvgIpc) is 2.74. The SMILES string of the molecule is O=C(O)COc1ccc([N+](=O)[O-])c(C=C2NC(=O)NC2=O)c1. The topological polar surface area (TPSA) is 148 Å². The first kappa shape index (κ1) is 15.0. The van der Waals surface area contributed by atoms with Crippen molar-refractivity contribution in [1.82, 2.24) is 10.6 Å². The Bertz CT molecular complexity index is 711. The van der Waals surface area contributed by atoms with E-state index in [0.29, 0.717) is 0 Å². The van der Waals surface area contributed by atoms with Crippen LogP contribution < -0.4 is 15.4 Å². The number of ether oxygens (including phenoxy) is 1. The number of hydrogen-bond acceptors (Lipinski definition) is 6. The molecule has 1 fully saturated rings. The number of carbonyl (C=O) groups is 3. The molecule has 114 valence electrons. The highest BCUT2D eigenvalue weighted by Gasteiger charge is 2.24. The Morgan fingerprint density at radius 3 is 2.64 bits per heavy atom. The van der Waals surface area contributed by atoms with E-state index in [2.05, 4.69) is 5.32 Å². The summed E-state index contributed by atoms with van der Waals surface area (Å²) in [4.78, 5) is 43.2. The maximum absolute atomic E-state index is 11.4. The smallest absolute Gasteiger partial charge is 0.341 e. The minimum absolute atomic E-state index is 0.0137. The summed E-state index contributed by atoms with van der Waals surface area (Å²) in [5, 5.41) is 23.7. The van der Waals surface area contributed by atoms with E-state index in [-0.39, 0.29) is 22.7 Å². The summed E-state index contributed by atoms with van der Waals surface area (Å²) in [5.74, 6) is -1.86. The van der Waals surface area contributed by atoms with Crippen molar-refractivity contribution < 1.29 is 29.2 Å². The van der Waals surface area contributed by atoms with Gasteiger partial charge in [0.2, 0.25) is 0 Å². The molecule has 10 heteroatoms. The van der Waals surface area contributed by atoms with Gasteiger partial charge in [0.05, 0.1) is 10.5 Å². The minimum Gasteiger partial charge on any atom is -0.482 e. The molecular weight excluding hydrogens is 298 g/mol. The van der Waals surface area contributed by atoms with Crippen LogP contribution in [0.1, 0.15) is 5.56 Å². The van der Waals surface area contributed by atoms with Crippen molar-refractivity contribution in [2.24, 2.45) is 0 Å². The molecule has 1 heterocycles. The first-order valence-electron chi connectivity index (χ1n) is 5.84. The molecule has 0 atom stereocenters. The Morgan fingerprint density at radius 1 is 1.36 bits per heavy atom. The Morgan fingerprint density at radius 2 is 2.09 bits per heavy atom. The second-order valence-electron chi connectivity index (χ2n) is 4.13. The number of nitrogens with one attached hydrogen (secondary N) is 2. The van der Waals surface area contributed by atoms with Crippen LogP contribution in [-0.2, 0) is 9.59 Å². The summed E-state index contributed by atoms with van der Waals surface area (Å²) >= 11 is 0. The minimum atomic E-state index is -1.21. The van der Waals surface area contributed by atoms with E-state index < -0.39 is 29.4 Å². The normalized spacial score (nSPS) is 15.4. The van der Waals surface area contributed by atoms with Gasteiger partial charge in [0.1, 0.15) is 11.4 Å². The molecule has 3 N–H and O–H groups in total. The lowest BCUT2D eigenvalue weighted by atomic mass is 10.1. The fourth-order valence-electron chi connectivity index (χ4n) is 1.69. The predicted octanol–water partition coefficient (Wildman–Crippen LogP) is 0.238. The molecule has 0 aliphatic carbocycles. The molecule has 0 radical (unpaired) electrons. The van der Waals surface area contributed by atoms with E-state index in [4.69, 9.17) is 9.84 Å². The number of rotatable bonds is 5. The van der Waals surface area contributed by atoms with Crippen LogP contribution in [0.3, 0.4) is 0 Å². The van der Waals surface area contributed by atoms with Crippen LogP contribution in [0.2, 0.25) is 0 Å². The number of hydrogen-bond donors (Lipinski definition) is 3. The lowest BCUT2D eigenvalue weighted by Gasteiger charge is -2.05. The molecule has 0 bridgehead atoms.